The first kappa shape index (κ1) is 10.9. The van der Waals surface area contributed by atoms with Crippen LogP contribution in [0, 0.1) is 5.95 Å². The summed E-state index contributed by atoms with van der Waals surface area (Å²) in [6.07, 6.45) is 2.21. The number of aromatic nitrogens is 1. The molecule has 1 aromatic heterocycles. The maximum Gasteiger partial charge on any atom is 0.337 e. The first-order chi connectivity index (χ1) is 8.69. The highest BCUT2D eigenvalue weighted by Gasteiger charge is 2.21. The van der Waals surface area contributed by atoms with Gasteiger partial charge in [0.15, 0.2) is 0 Å². The number of methoxy groups -OCH3 is 1. The number of pyridine rings is 1. The van der Waals surface area contributed by atoms with E-state index in [2.05, 4.69) is 9.72 Å². The van der Waals surface area contributed by atoms with Gasteiger partial charge in [0.05, 0.1) is 12.7 Å². The fourth-order valence-corrected chi connectivity index (χ4v) is 2.30. The summed E-state index contributed by atoms with van der Waals surface area (Å²) in [5.41, 5.74) is 4.30. The number of carbonyl (C=O) groups is 1. The van der Waals surface area contributed by atoms with Crippen molar-refractivity contribution < 1.29 is 13.9 Å². The number of carbonyl (C=O) groups excluding carboxylic acids is 1. The van der Waals surface area contributed by atoms with E-state index in [-0.39, 0.29) is 5.97 Å². The maximum absolute atomic E-state index is 13.1. The van der Waals surface area contributed by atoms with E-state index in [9.17, 15) is 9.18 Å². The molecule has 1 aliphatic carbocycles. The normalized spacial score (nSPS) is 11.9. The molecular weight excluding hydrogens is 233 g/mol. The third-order valence-corrected chi connectivity index (χ3v) is 3.15. The van der Waals surface area contributed by atoms with E-state index in [1.807, 2.05) is 6.07 Å². The molecule has 0 spiro atoms. The van der Waals surface area contributed by atoms with Gasteiger partial charge in [0, 0.05) is 18.7 Å². The third kappa shape index (κ3) is 1.57. The highest BCUT2D eigenvalue weighted by molar-refractivity contribution is 5.91. The lowest BCUT2D eigenvalue weighted by Gasteiger charge is -2.03. The lowest BCUT2D eigenvalue weighted by Crippen LogP contribution is -2.01. The van der Waals surface area contributed by atoms with E-state index in [1.165, 1.54) is 13.2 Å². The number of esters is 1. The van der Waals surface area contributed by atoms with Crippen LogP contribution in [0.3, 0.4) is 0 Å². The van der Waals surface area contributed by atoms with E-state index in [4.69, 9.17) is 0 Å². The van der Waals surface area contributed by atoms with Crippen LogP contribution in [0.5, 0.6) is 0 Å². The highest BCUT2D eigenvalue weighted by atomic mass is 19.1. The van der Waals surface area contributed by atoms with Crippen LogP contribution in [0.25, 0.3) is 11.1 Å². The summed E-state index contributed by atoms with van der Waals surface area (Å²) in [6, 6.07) is 6.74. The molecule has 3 nitrogen and oxygen atoms in total. The van der Waals surface area contributed by atoms with Crippen molar-refractivity contribution in [3.05, 3.63) is 53.1 Å². The van der Waals surface area contributed by atoms with Gasteiger partial charge >= 0.3 is 5.97 Å². The quantitative estimate of drug-likeness (QED) is 0.487. The topological polar surface area (TPSA) is 39.2 Å². The summed E-state index contributed by atoms with van der Waals surface area (Å²) in [5.74, 6) is -0.850. The van der Waals surface area contributed by atoms with Crippen LogP contribution in [0.2, 0.25) is 0 Å². The third-order valence-electron chi connectivity index (χ3n) is 3.15. The van der Waals surface area contributed by atoms with Crippen molar-refractivity contribution in [1.82, 2.24) is 4.98 Å². The molecule has 0 saturated carbocycles. The average Bonchev–Trinajstić information content (AvgIpc) is 2.74. The molecule has 18 heavy (non-hydrogen) atoms. The van der Waals surface area contributed by atoms with Gasteiger partial charge in [-0.15, -0.1) is 0 Å². The molecule has 0 bridgehead atoms. The Balaban J connectivity index is 2.10. The van der Waals surface area contributed by atoms with Gasteiger partial charge in [0.25, 0.3) is 0 Å². The molecule has 4 heteroatoms. The van der Waals surface area contributed by atoms with Crippen LogP contribution < -0.4 is 0 Å². The number of ether oxygens (including phenoxy) is 1. The molecule has 0 saturated heterocycles. The van der Waals surface area contributed by atoms with Gasteiger partial charge in [-0.3, -0.25) is 0 Å². The summed E-state index contributed by atoms with van der Waals surface area (Å²) in [5, 5.41) is 0. The Bertz CT molecular complexity index is 652. The average molecular weight is 243 g/mol. The summed E-state index contributed by atoms with van der Waals surface area (Å²) >= 11 is 0. The van der Waals surface area contributed by atoms with Gasteiger partial charge < -0.3 is 4.74 Å². The minimum absolute atomic E-state index is 0.363. The Morgan fingerprint density at radius 2 is 2.11 bits per heavy atom. The molecule has 1 heterocycles. The molecule has 0 fully saturated rings. The number of benzene rings is 1. The van der Waals surface area contributed by atoms with E-state index >= 15 is 0 Å². The monoisotopic (exact) mass is 243 g/mol. The van der Waals surface area contributed by atoms with Crippen LogP contribution >= 0.6 is 0 Å². The molecule has 3 rings (SSSR count). The Labute approximate surface area is 103 Å². The fraction of sp³-hybridized carbons (Fsp3) is 0.143. The summed E-state index contributed by atoms with van der Waals surface area (Å²) in [7, 11) is 1.35. The van der Waals surface area contributed by atoms with Crippen LogP contribution in [-0.2, 0) is 11.2 Å². The summed E-state index contributed by atoms with van der Waals surface area (Å²) in [6.45, 7) is 0. The molecule has 90 valence electrons. The standard InChI is InChI=1S/C14H10FNO2/c1-18-14(17)8-2-3-11-9(4-8)5-10-7-16-13(15)6-12(10)11/h2-4,6-7H,5H2,1H3. The molecular formula is C14H10FNO2. The lowest BCUT2D eigenvalue weighted by atomic mass is 10.0. The summed E-state index contributed by atoms with van der Waals surface area (Å²) in [4.78, 5) is 15.1. The SMILES string of the molecule is COC(=O)c1ccc2c(c1)Cc1cnc(F)cc1-2. The second-order valence-corrected chi connectivity index (χ2v) is 4.20. The number of hydrogen-bond acceptors (Lipinski definition) is 3. The first-order valence-corrected chi connectivity index (χ1v) is 5.55. The Hall–Kier alpha value is -2.23. The summed E-state index contributed by atoms with van der Waals surface area (Å²) < 4.78 is 17.8. The zero-order valence-corrected chi connectivity index (χ0v) is 9.74. The van der Waals surface area contributed by atoms with Crippen molar-refractivity contribution in [1.29, 1.82) is 0 Å². The molecule has 0 amide bonds. The zero-order valence-electron chi connectivity index (χ0n) is 9.74. The van der Waals surface area contributed by atoms with E-state index in [0.29, 0.717) is 12.0 Å². The molecule has 1 aliphatic rings. The predicted octanol–water partition coefficient (Wildman–Crippen LogP) is 2.58. The Kier molecular flexibility index (Phi) is 2.37. The Morgan fingerprint density at radius 1 is 1.28 bits per heavy atom. The van der Waals surface area contributed by atoms with Crippen LogP contribution in [-0.4, -0.2) is 18.1 Å². The van der Waals surface area contributed by atoms with Gasteiger partial charge in [-0.1, -0.05) is 6.07 Å². The van der Waals surface area contributed by atoms with Crippen molar-refractivity contribution in [3.63, 3.8) is 0 Å². The second-order valence-electron chi connectivity index (χ2n) is 4.20. The number of rotatable bonds is 1. The van der Waals surface area contributed by atoms with Gasteiger partial charge in [0.2, 0.25) is 5.95 Å². The van der Waals surface area contributed by atoms with Crippen molar-refractivity contribution in [2.75, 3.05) is 7.11 Å². The van der Waals surface area contributed by atoms with Gasteiger partial charge in [-0.25, -0.2) is 9.78 Å². The van der Waals surface area contributed by atoms with E-state index in [1.54, 1.807) is 18.3 Å². The minimum atomic E-state index is -0.487. The highest BCUT2D eigenvalue weighted by Crippen LogP contribution is 2.36. The lowest BCUT2D eigenvalue weighted by molar-refractivity contribution is 0.0600. The van der Waals surface area contributed by atoms with Crippen molar-refractivity contribution in [2.24, 2.45) is 0 Å². The van der Waals surface area contributed by atoms with E-state index in [0.717, 1.165) is 22.3 Å². The first-order valence-electron chi connectivity index (χ1n) is 5.55. The Morgan fingerprint density at radius 3 is 2.89 bits per heavy atom. The molecule has 1 aromatic carbocycles. The second kappa shape index (κ2) is 3.91. The van der Waals surface area contributed by atoms with Gasteiger partial charge in [0.1, 0.15) is 0 Å². The van der Waals surface area contributed by atoms with Crippen LogP contribution in [0.4, 0.5) is 4.39 Å². The minimum Gasteiger partial charge on any atom is -0.465 e. The number of hydrogen-bond donors (Lipinski definition) is 0. The largest absolute Gasteiger partial charge is 0.465 e. The zero-order chi connectivity index (χ0) is 12.7. The number of halogens is 1. The van der Waals surface area contributed by atoms with Gasteiger partial charge in [-0.05, 0) is 34.4 Å². The number of fused-ring (bicyclic) bond motifs is 3. The molecule has 2 aromatic rings. The van der Waals surface area contributed by atoms with Crippen LogP contribution in [0.15, 0.2) is 30.5 Å². The van der Waals surface area contributed by atoms with Crippen LogP contribution in [0.1, 0.15) is 21.5 Å². The van der Waals surface area contributed by atoms with E-state index < -0.39 is 5.95 Å². The number of nitrogens with zero attached hydrogens (tertiary/aromatic N) is 1. The molecule has 0 unspecified atom stereocenters. The van der Waals surface area contributed by atoms with Crippen molar-refractivity contribution in [2.45, 2.75) is 6.42 Å². The maximum atomic E-state index is 13.1. The smallest absolute Gasteiger partial charge is 0.337 e. The molecule has 0 N–H and O–H groups in total. The molecule has 0 atom stereocenters. The molecule has 0 radical (unpaired) electrons. The van der Waals surface area contributed by atoms with Crippen molar-refractivity contribution >= 4 is 5.97 Å². The van der Waals surface area contributed by atoms with Crippen molar-refractivity contribution in [3.8, 4) is 11.1 Å². The predicted molar refractivity (Wildman–Crippen MR) is 63.8 cm³/mol. The van der Waals surface area contributed by atoms with Gasteiger partial charge in [-0.2, -0.15) is 4.39 Å². The fourth-order valence-electron chi connectivity index (χ4n) is 2.30. The molecule has 0 aliphatic heterocycles.